The van der Waals surface area contributed by atoms with Gasteiger partial charge in [-0.1, -0.05) is 0 Å². The number of ether oxygens (including phenoxy) is 1. The average molecular weight is 393 g/mol. The molecule has 0 saturated heterocycles. The zero-order valence-corrected chi connectivity index (χ0v) is 15.5. The SMILES string of the molecule is CCOC(=O)c1ccc(Nc2ncnc(NNC(=O)c3cccnc3)c2N)cc1. The minimum Gasteiger partial charge on any atom is -0.462 e. The van der Waals surface area contributed by atoms with E-state index in [2.05, 4.69) is 31.1 Å². The smallest absolute Gasteiger partial charge is 0.338 e. The molecular weight excluding hydrogens is 374 g/mol. The van der Waals surface area contributed by atoms with Crippen molar-refractivity contribution in [2.24, 2.45) is 0 Å². The van der Waals surface area contributed by atoms with Crippen molar-refractivity contribution in [3.05, 3.63) is 66.2 Å². The van der Waals surface area contributed by atoms with Gasteiger partial charge in [-0.05, 0) is 43.3 Å². The van der Waals surface area contributed by atoms with Crippen LogP contribution in [-0.2, 0) is 4.74 Å². The van der Waals surface area contributed by atoms with Gasteiger partial charge in [0, 0.05) is 18.1 Å². The fourth-order valence-electron chi connectivity index (χ4n) is 2.32. The van der Waals surface area contributed by atoms with Crippen molar-refractivity contribution in [1.29, 1.82) is 0 Å². The summed E-state index contributed by atoms with van der Waals surface area (Å²) in [6.07, 6.45) is 4.31. The first kappa shape index (κ1) is 19.5. The normalized spacial score (nSPS) is 10.1. The third-order valence-electron chi connectivity index (χ3n) is 3.76. The summed E-state index contributed by atoms with van der Waals surface area (Å²) in [6, 6.07) is 9.94. The molecule has 2 aromatic heterocycles. The van der Waals surface area contributed by atoms with Crippen LogP contribution in [0, 0.1) is 0 Å². The van der Waals surface area contributed by atoms with Crippen LogP contribution in [0.25, 0.3) is 0 Å². The van der Waals surface area contributed by atoms with Crippen LogP contribution in [-0.4, -0.2) is 33.4 Å². The molecule has 0 radical (unpaired) electrons. The molecular formula is C19H19N7O3. The number of pyridine rings is 1. The van der Waals surface area contributed by atoms with Gasteiger partial charge in [-0.25, -0.2) is 14.8 Å². The number of nitrogen functional groups attached to an aromatic ring is 1. The molecule has 1 amide bonds. The highest BCUT2D eigenvalue weighted by molar-refractivity contribution is 5.95. The lowest BCUT2D eigenvalue weighted by molar-refractivity contribution is 0.0526. The molecule has 5 N–H and O–H groups in total. The van der Waals surface area contributed by atoms with Crippen LogP contribution in [0.2, 0.25) is 0 Å². The zero-order valence-electron chi connectivity index (χ0n) is 15.5. The van der Waals surface area contributed by atoms with Crippen molar-refractivity contribution in [3.63, 3.8) is 0 Å². The van der Waals surface area contributed by atoms with Crippen LogP contribution < -0.4 is 21.9 Å². The Hall–Kier alpha value is -4.21. The first-order valence-electron chi connectivity index (χ1n) is 8.69. The van der Waals surface area contributed by atoms with E-state index in [0.29, 0.717) is 29.2 Å². The highest BCUT2D eigenvalue weighted by Crippen LogP contribution is 2.25. The molecule has 3 aromatic rings. The molecule has 2 heterocycles. The van der Waals surface area contributed by atoms with Gasteiger partial charge in [0.05, 0.1) is 17.7 Å². The van der Waals surface area contributed by atoms with Gasteiger partial charge < -0.3 is 15.8 Å². The van der Waals surface area contributed by atoms with Gasteiger partial charge in [-0.3, -0.25) is 20.6 Å². The van der Waals surface area contributed by atoms with E-state index in [1.807, 2.05) is 0 Å². The number of carbonyl (C=O) groups excluding carboxylic acids is 2. The number of nitrogens with zero attached hydrogens (tertiary/aromatic N) is 3. The van der Waals surface area contributed by atoms with E-state index in [-0.39, 0.29) is 17.4 Å². The zero-order chi connectivity index (χ0) is 20.6. The van der Waals surface area contributed by atoms with Gasteiger partial charge in [0.2, 0.25) is 0 Å². The van der Waals surface area contributed by atoms with Crippen LogP contribution in [0.1, 0.15) is 27.6 Å². The fraction of sp³-hybridized carbons (Fsp3) is 0.105. The Bertz CT molecular complexity index is 994. The van der Waals surface area contributed by atoms with E-state index >= 15 is 0 Å². The summed E-state index contributed by atoms with van der Waals surface area (Å²) in [7, 11) is 0. The molecule has 0 unspecified atom stereocenters. The van der Waals surface area contributed by atoms with Crippen LogP contribution >= 0.6 is 0 Å². The number of esters is 1. The Morgan fingerprint density at radius 2 is 1.83 bits per heavy atom. The molecule has 0 atom stereocenters. The van der Waals surface area contributed by atoms with Gasteiger partial charge >= 0.3 is 5.97 Å². The second kappa shape index (κ2) is 9.13. The third kappa shape index (κ3) is 4.95. The van der Waals surface area contributed by atoms with Gasteiger partial charge in [0.1, 0.15) is 12.0 Å². The Morgan fingerprint density at radius 1 is 1.07 bits per heavy atom. The monoisotopic (exact) mass is 393 g/mol. The Kier molecular flexibility index (Phi) is 6.15. The summed E-state index contributed by atoms with van der Waals surface area (Å²) >= 11 is 0. The van der Waals surface area contributed by atoms with Gasteiger partial charge in [-0.2, -0.15) is 0 Å². The van der Waals surface area contributed by atoms with Crippen LogP contribution in [0.15, 0.2) is 55.1 Å². The maximum atomic E-state index is 12.1. The van der Waals surface area contributed by atoms with Crippen molar-refractivity contribution in [2.45, 2.75) is 6.92 Å². The topological polar surface area (TPSA) is 144 Å². The Labute approximate surface area is 166 Å². The molecule has 3 rings (SSSR count). The second-order valence-corrected chi connectivity index (χ2v) is 5.73. The number of nitrogens with one attached hydrogen (secondary N) is 3. The summed E-state index contributed by atoms with van der Waals surface area (Å²) in [5, 5.41) is 3.04. The van der Waals surface area contributed by atoms with Gasteiger partial charge in [-0.15, -0.1) is 0 Å². The van der Waals surface area contributed by atoms with E-state index < -0.39 is 5.97 Å². The highest BCUT2D eigenvalue weighted by Gasteiger charge is 2.11. The minimum atomic E-state index is -0.392. The molecule has 0 bridgehead atoms. The van der Waals surface area contributed by atoms with E-state index in [9.17, 15) is 9.59 Å². The molecule has 29 heavy (non-hydrogen) atoms. The number of hydrogen-bond acceptors (Lipinski definition) is 9. The predicted molar refractivity (Wildman–Crippen MR) is 107 cm³/mol. The number of nitrogens with two attached hydrogens (primary N) is 1. The highest BCUT2D eigenvalue weighted by atomic mass is 16.5. The molecule has 10 heteroatoms. The summed E-state index contributed by atoms with van der Waals surface area (Å²) < 4.78 is 4.95. The molecule has 1 aromatic carbocycles. The standard InChI is InChI=1S/C19H19N7O3/c1-2-29-19(28)12-5-7-14(8-6-12)24-16-15(20)17(23-11-22-16)25-26-18(27)13-4-3-9-21-10-13/h3-11H,2,20H2,1H3,(H,26,27)(H2,22,23,24,25). The van der Waals surface area contributed by atoms with E-state index in [0.717, 1.165) is 0 Å². The maximum absolute atomic E-state index is 12.1. The summed E-state index contributed by atoms with van der Waals surface area (Å²) in [5.41, 5.74) is 12.9. The molecule has 148 valence electrons. The number of aromatic nitrogens is 3. The third-order valence-corrected chi connectivity index (χ3v) is 3.76. The van der Waals surface area contributed by atoms with Crippen molar-refractivity contribution >= 4 is 34.9 Å². The fourth-order valence-corrected chi connectivity index (χ4v) is 2.32. The lowest BCUT2D eigenvalue weighted by atomic mass is 10.2. The largest absolute Gasteiger partial charge is 0.462 e. The molecule has 10 nitrogen and oxygen atoms in total. The van der Waals surface area contributed by atoms with Gasteiger partial charge in [0.15, 0.2) is 11.6 Å². The molecule has 0 fully saturated rings. The van der Waals surface area contributed by atoms with Crippen molar-refractivity contribution < 1.29 is 14.3 Å². The van der Waals surface area contributed by atoms with Crippen LogP contribution in [0.5, 0.6) is 0 Å². The second-order valence-electron chi connectivity index (χ2n) is 5.73. The summed E-state index contributed by atoms with van der Waals surface area (Å²) in [6.45, 7) is 2.06. The predicted octanol–water partition coefficient (Wildman–Crippen LogP) is 2.13. The number of amides is 1. The molecule has 0 aliphatic heterocycles. The molecule has 0 aliphatic carbocycles. The van der Waals surface area contributed by atoms with Crippen LogP contribution in [0.3, 0.4) is 0 Å². The molecule has 0 saturated carbocycles. The van der Waals surface area contributed by atoms with Crippen molar-refractivity contribution in [1.82, 2.24) is 20.4 Å². The lowest BCUT2D eigenvalue weighted by Gasteiger charge is -2.13. The number of carbonyl (C=O) groups is 2. The number of hydrazine groups is 1. The van der Waals surface area contributed by atoms with Crippen molar-refractivity contribution in [2.75, 3.05) is 23.1 Å². The van der Waals surface area contributed by atoms with E-state index in [1.165, 1.54) is 12.5 Å². The number of hydrogen-bond donors (Lipinski definition) is 4. The van der Waals surface area contributed by atoms with Gasteiger partial charge in [0.25, 0.3) is 5.91 Å². The quantitative estimate of drug-likeness (QED) is 0.350. The number of benzene rings is 1. The van der Waals surface area contributed by atoms with E-state index in [4.69, 9.17) is 10.5 Å². The number of rotatable bonds is 7. The minimum absolute atomic E-state index is 0.202. The average Bonchev–Trinajstić information content (AvgIpc) is 2.75. The Morgan fingerprint density at radius 3 is 2.52 bits per heavy atom. The maximum Gasteiger partial charge on any atom is 0.338 e. The first-order chi connectivity index (χ1) is 14.1. The van der Waals surface area contributed by atoms with Crippen LogP contribution in [0.4, 0.5) is 23.0 Å². The first-order valence-corrected chi connectivity index (χ1v) is 8.69. The Balaban J connectivity index is 1.67. The molecule has 0 aliphatic rings. The number of anilines is 4. The summed E-state index contributed by atoms with van der Waals surface area (Å²) in [4.78, 5) is 35.8. The lowest BCUT2D eigenvalue weighted by Crippen LogP contribution is -2.30. The van der Waals surface area contributed by atoms with Crippen molar-refractivity contribution in [3.8, 4) is 0 Å². The molecule has 0 spiro atoms. The van der Waals surface area contributed by atoms with E-state index in [1.54, 1.807) is 49.5 Å². The summed E-state index contributed by atoms with van der Waals surface area (Å²) in [5.74, 6) is -0.221.